The van der Waals surface area contributed by atoms with Crippen molar-refractivity contribution in [3.05, 3.63) is 78.5 Å². The van der Waals surface area contributed by atoms with Gasteiger partial charge in [-0.15, -0.1) is 12.1 Å². The van der Waals surface area contributed by atoms with Crippen molar-refractivity contribution in [3.63, 3.8) is 0 Å². The van der Waals surface area contributed by atoms with E-state index in [4.69, 9.17) is 0 Å². The first kappa shape index (κ1) is 24.0. The zero-order chi connectivity index (χ0) is 18.8. The average molecular weight is 581 g/mol. The van der Waals surface area contributed by atoms with Gasteiger partial charge < -0.3 is 4.98 Å². The maximum Gasteiger partial charge on any atom is 0.0408 e. The fourth-order valence-corrected chi connectivity index (χ4v) is 4.59. The van der Waals surface area contributed by atoms with Crippen molar-refractivity contribution in [1.29, 1.82) is 0 Å². The molecule has 1 nitrogen and oxygen atoms in total. The van der Waals surface area contributed by atoms with Gasteiger partial charge in [0.05, 0.1) is 0 Å². The van der Waals surface area contributed by atoms with Gasteiger partial charge >= 0.3 is 0 Å². The Morgan fingerprint density at radius 1 is 0.926 bits per heavy atom. The van der Waals surface area contributed by atoms with Gasteiger partial charge in [-0.2, -0.15) is 0 Å². The molecule has 1 heterocycles. The van der Waals surface area contributed by atoms with Gasteiger partial charge in [-0.3, -0.25) is 8.78 Å². The summed E-state index contributed by atoms with van der Waals surface area (Å²) in [5, 5.41) is 3.17. The largest absolute Gasteiger partial charge is 0.305 e. The van der Waals surface area contributed by atoms with E-state index in [-0.39, 0.29) is 25.7 Å². The molecule has 27 heavy (non-hydrogen) atoms. The third kappa shape index (κ3) is 7.84. The molecule has 0 aliphatic rings. The van der Waals surface area contributed by atoms with Gasteiger partial charge in [0.25, 0.3) is 0 Å². The molecule has 0 saturated heterocycles. The van der Waals surface area contributed by atoms with Crippen LogP contribution in [0.4, 0.5) is 8.78 Å². The minimum absolute atomic E-state index is 0. The Labute approximate surface area is 177 Å². The van der Waals surface area contributed by atoms with Crippen LogP contribution in [0.5, 0.6) is 0 Å². The predicted octanol–water partition coefficient (Wildman–Crippen LogP) is 5.16. The summed E-state index contributed by atoms with van der Waals surface area (Å²) in [4.78, 5) is 3.95. The number of halogens is 2. The van der Waals surface area contributed by atoms with Gasteiger partial charge in [-0.1, -0.05) is 79.0 Å². The van der Waals surface area contributed by atoms with E-state index >= 15 is 0 Å². The van der Waals surface area contributed by atoms with E-state index < -0.39 is 11.6 Å². The summed E-state index contributed by atoms with van der Waals surface area (Å²) in [6, 6.07) is 18.4. The van der Waals surface area contributed by atoms with E-state index in [0.717, 1.165) is 29.3 Å². The van der Waals surface area contributed by atoms with Crippen molar-refractivity contribution in [2.24, 2.45) is 0 Å². The molecule has 2 atom stereocenters. The van der Waals surface area contributed by atoms with E-state index in [1.54, 1.807) is 35.0 Å². The quantitative estimate of drug-likeness (QED) is 0.300. The van der Waals surface area contributed by atoms with Crippen LogP contribution < -0.4 is 10.6 Å². The smallest absolute Gasteiger partial charge is 0.0408 e. The monoisotopic (exact) mass is 581 g/mol. The number of hydrogen-bond acceptors (Lipinski definition) is 1. The van der Waals surface area contributed by atoms with E-state index in [2.05, 4.69) is 49.2 Å². The molecule has 0 aliphatic carbocycles. The minimum Gasteiger partial charge on any atom is -0.305 e. The maximum atomic E-state index is 13.2. The maximum absolute atomic E-state index is 13.2. The number of hydrogen-bond donors (Lipinski definition) is 0. The topological polar surface area (TPSA) is 12.9 Å². The molecule has 145 valence electrons. The normalized spacial score (nSPS) is 10.7. The number of benzene rings is 2. The van der Waals surface area contributed by atoms with Crippen molar-refractivity contribution >= 4 is 27.8 Å². The molecular weight excluding hydrogens is 558 g/mol. The Morgan fingerprint density at radius 3 is 2.00 bits per heavy atom. The van der Waals surface area contributed by atoms with Gasteiger partial charge in [0, 0.05) is 37.9 Å². The summed E-state index contributed by atoms with van der Waals surface area (Å²) in [5.41, 5.74) is 0.636. The molecule has 0 amide bonds. The summed E-state index contributed by atoms with van der Waals surface area (Å²) in [7, 11) is 2.01. The van der Waals surface area contributed by atoms with Gasteiger partial charge in [0.1, 0.15) is 0 Å². The number of rotatable bonds is 5. The number of nitrogens with zero attached hydrogens (tertiary/aromatic N) is 1. The van der Waals surface area contributed by atoms with Gasteiger partial charge in [-0.05, 0) is 34.7 Å². The fourth-order valence-electron chi connectivity index (χ4n) is 2.32. The molecule has 0 aliphatic heterocycles. The molecule has 0 fully saturated rings. The Morgan fingerprint density at radius 2 is 1.52 bits per heavy atom. The Balaban J connectivity index is 0.000000264. The third-order valence-corrected chi connectivity index (χ3v) is 6.03. The van der Waals surface area contributed by atoms with Crippen molar-refractivity contribution in [2.75, 3.05) is 12.3 Å². The van der Waals surface area contributed by atoms with E-state index in [9.17, 15) is 8.78 Å². The SMILES string of the molecule is CCPc1ccccc1PCC.Fc1c[c-]c(-c2ccccn2)c(F)c1.[Ir]. The molecule has 1 aromatic heterocycles. The summed E-state index contributed by atoms with van der Waals surface area (Å²) in [6.07, 6.45) is 4.11. The number of aromatic nitrogens is 1. The molecule has 6 heteroatoms. The van der Waals surface area contributed by atoms with Gasteiger partial charge in [0.15, 0.2) is 0 Å². The fraction of sp³-hybridized carbons (Fsp3) is 0.190. The van der Waals surface area contributed by atoms with Crippen LogP contribution >= 0.6 is 17.2 Å². The summed E-state index contributed by atoms with van der Waals surface area (Å²) >= 11 is 0. The first-order chi connectivity index (χ1) is 12.7. The van der Waals surface area contributed by atoms with Crippen LogP contribution in [-0.4, -0.2) is 17.3 Å². The second kappa shape index (κ2) is 13.2. The molecule has 0 bridgehead atoms. The van der Waals surface area contributed by atoms with E-state index in [1.165, 1.54) is 12.3 Å². The summed E-state index contributed by atoms with van der Waals surface area (Å²) < 4.78 is 25.8. The van der Waals surface area contributed by atoms with Crippen LogP contribution in [0.3, 0.4) is 0 Å². The summed E-state index contributed by atoms with van der Waals surface area (Å²) in [6.45, 7) is 4.51. The van der Waals surface area contributed by atoms with E-state index in [1.807, 2.05) is 0 Å². The minimum atomic E-state index is -0.649. The Hall–Kier alpha value is -1.04. The molecule has 2 aromatic carbocycles. The van der Waals surface area contributed by atoms with Crippen LogP contribution in [0.2, 0.25) is 0 Å². The summed E-state index contributed by atoms with van der Waals surface area (Å²) in [5.74, 6) is -1.29. The standard InChI is InChI=1S/C11H6F2N.C10H16P2.Ir/c12-8-4-5-9(10(13)7-8)11-3-1-2-6-14-11;1-3-11-9-7-5-6-8-10(9)12-4-2;/h1-4,6-7H;5-8,11-12H,3-4H2,1-2H3;/q-1;;. The number of pyridine rings is 1. The first-order valence-corrected chi connectivity index (χ1v) is 10.9. The van der Waals surface area contributed by atoms with Crippen LogP contribution in [0.15, 0.2) is 60.8 Å². The molecule has 0 N–H and O–H groups in total. The molecular formula is C21H22F2IrNP2-. The van der Waals surface area contributed by atoms with E-state index in [0.29, 0.717) is 5.69 Å². The average Bonchev–Trinajstić information content (AvgIpc) is 2.65. The second-order valence-electron chi connectivity index (χ2n) is 5.36. The van der Waals surface area contributed by atoms with Crippen molar-refractivity contribution in [2.45, 2.75) is 13.8 Å². The van der Waals surface area contributed by atoms with Crippen LogP contribution in [0.25, 0.3) is 11.3 Å². The van der Waals surface area contributed by atoms with Crippen LogP contribution in [0, 0.1) is 17.7 Å². The van der Waals surface area contributed by atoms with Crippen LogP contribution in [0.1, 0.15) is 13.8 Å². The predicted molar refractivity (Wildman–Crippen MR) is 112 cm³/mol. The zero-order valence-electron chi connectivity index (χ0n) is 15.2. The zero-order valence-corrected chi connectivity index (χ0v) is 19.6. The molecule has 1 radical (unpaired) electrons. The second-order valence-corrected chi connectivity index (χ2v) is 8.56. The molecule has 0 spiro atoms. The Kier molecular flexibility index (Phi) is 11.7. The molecule has 0 saturated carbocycles. The Bertz CT molecular complexity index is 791. The molecule has 3 rings (SSSR count). The van der Waals surface area contributed by atoms with Gasteiger partial charge in [0.2, 0.25) is 0 Å². The van der Waals surface area contributed by atoms with Crippen LogP contribution in [-0.2, 0) is 20.1 Å². The van der Waals surface area contributed by atoms with Crippen molar-refractivity contribution < 1.29 is 28.9 Å². The third-order valence-electron chi connectivity index (χ3n) is 3.44. The molecule has 3 aromatic rings. The van der Waals surface area contributed by atoms with Gasteiger partial charge in [-0.25, -0.2) is 0 Å². The molecule has 2 unspecified atom stereocenters. The van der Waals surface area contributed by atoms with Crippen molar-refractivity contribution in [3.8, 4) is 11.3 Å². The van der Waals surface area contributed by atoms with Crippen molar-refractivity contribution in [1.82, 2.24) is 4.98 Å². The first-order valence-electron chi connectivity index (χ1n) is 8.50.